The third-order valence-corrected chi connectivity index (χ3v) is 2.68. The molecular weight excluding hydrogens is 238 g/mol. The first-order valence-electron chi connectivity index (χ1n) is 5.45. The summed E-state index contributed by atoms with van der Waals surface area (Å²) in [7, 11) is 0. The van der Waals surface area contributed by atoms with E-state index in [-0.39, 0.29) is 6.04 Å². The average Bonchev–Trinajstić information content (AvgIpc) is 2.68. The van der Waals surface area contributed by atoms with Crippen LogP contribution in [0.3, 0.4) is 0 Å². The minimum Gasteiger partial charge on any atom is -0.339 e. The van der Waals surface area contributed by atoms with Crippen molar-refractivity contribution in [3.05, 3.63) is 46.6 Å². The fourth-order valence-electron chi connectivity index (χ4n) is 1.53. The maximum Gasteiger partial charge on any atom is 0.228 e. The summed E-state index contributed by atoms with van der Waals surface area (Å²) in [6, 6.07) is 7.64. The Labute approximate surface area is 105 Å². The monoisotopic (exact) mass is 251 g/mol. The summed E-state index contributed by atoms with van der Waals surface area (Å²) >= 11 is 6.06. The van der Waals surface area contributed by atoms with Crippen LogP contribution in [0.5, 0.6) is 0 Å². The molecule has 1 aromatic carbocycles. The van der Waals surface area contributed by atoms with Gasteiger partial charge < -0.3 is 10.3 Å². The standard InChI is InChI=1S/C12H14ClN3O/c1-8(14)6-12-15-11(16-17-12)7-9-4-2-3-5-10(9)13/h2-5,8H,6-7,14H2,1H3. The first kappa shape index (κ1) is 12.1. The largest absolute Gasteiger partial charge is 0.339 e. The maximum atomic E-state index is 6.06. The summed E-state index contributed by atoms with van der Waals surface area (Å²) in [5, 5.41) is 4.62. The predicted molar refractivity (Wildman–Crippen MR) is 65.9 cm³/mol. The van der Waals surface area contributed by atoms with Crippen LogP contribution >= 0.6 is 11.6 Å². The van der Waals surface area contributed by atoms with Crippen molar-refractivity contribution < 1.29 is 4.52 Å². The summed E-state index contributed by atoms with van der Waals surface area (Å²) in [5.41, 5.74) is 6.65. The number of nitrogens with two attached hydrogens (primary N) is 1. The molecule has 0 saturated carbocycles. The average molecular weight is 252 g/mol. The molecule has 1 atom stereocenters. The summed E-state index contributed by atoms with van der Waals surface area (Å²) < 4.78 is 5.10. The van der Waals surface area contributed by atoms with Crippen LogP contribution in [0, 0.1) is 0 Å². The van der Waals surface area contributed by atoms with Gasteiger partial charge in [0.15, 0.2) is 5.82 Å². The van der Waals surface area contributed by atoms with Crippen LogP contribution in [0.25, 0.3) is 0 Å². The second kappa shape index (κ2) is 5.29. The van der Waals surface area contributed by atoms with Crippen molar-refractivity contribution in [2.75, 3.05) is 0 Å². The van der Waals surface area contributed by atoms with Crippen molar-refractivity contribution in [1.82, 2.24) is 10.1 Å². The molecule has 90 valence electrons. The van der Waals surface area contributed by atoms with E-state index < -0.39 is 0 Å². The van der Waals surface area contributed by atoms with Crippen molar-refractivity contribution in [3.63, 3.8) is 0 Å². The van der Waals surface area contributed by atoms with Gasteiger partial charge in [0.1, 0.15) is 0 Å². The Hall–Kier alpha value is -1.39. The van der Waals surface area contributed by atoms with E-state index in [1.807, 2.05) is 31.2 Å². The van der Waals surface area contributed by atoms with E-state index in [9.17, 15) is 0 Å². The quantitative estimate of drug-likeness (QED) is 0.905. The molecule has 0 spiro atoms. The molecule has 0 fully saturated rings. The summed E-state index contributed by atoms with van der Waals surface area (Å²) in [5.74, 6) is 1.20. The minimum absolute atomic E-state index is 0.0172. The second-order valence-electron chi connectivity index (χ2n) is 4.05. The molecule has 0 aliphatic rings. The Kier molecular flexibility index (Phi) is 3.76. The van der Waals surface area contributed by atoms with Crippen LogP contribution in [0.4, 0.5) is 0 Å². The fourth-order valence-corrected chi connectivity index (χ4v) is 1.73. The van der Waals surface area contributed by atoms with Gasteiger partial charge in [-0.05, 0) is 18.6 Å². The van der Waals surface area contributed by atoms with Crippen molar-refractivity contribution in [1.29, 1.82) is 0 Å². The highest BCUT2D eigenvalue weighted by Crippen LogP contribution is 2.17. The van der Waals surface area contributed by atoms with E-state index in [0.717, 1.165) is 5.56 Å². The first-order valence-corrected chi connectivity index (χ1v) is 5.83. The number of aromatic nitrogens is 2. The van der Waals surface area contributed by atoms with Gasteiger partial charge in [-0.3, -0.25) is 0 Å². The summed E-state index contributed by atoms with van der Waals surface area (Å²) in [6.07, 6.45) is 1.16. The van der Waals surface area contributed by atoms with Gasteiger partial charge in [-0.2, -0.15) is 4.98 Å². The van der Waals surface area contributed by atoms with Gasteiger partial charge in [0.2, 0.25) is 5.89 Å². The third kappa shape index (κ3) is 3.28. The molecule has 2 aromatic rings. The van der Waals surface area contributed by atoms with Crippen LogP contribution in [-0.4, -0.2) is 16.2 Å². The zero-order valence-electron chi connectivity index (χ0n) is 9.56. The molecule has 0 aliphatic carbocycles. The molecule has 0 bridgehead atoms. The second-order valence-corrected chi connectivity index (χ2v) is 4.46. The Balaban J connectivity index is 2.09. The van der Waals surface area contributed by atoms with Crippen molar-refractivity contribution in [2.45, 2.75) is 25.8 Å². The summed E-state index contributed by atoms with van der Waals surface area (Å²) in [6.45, 7) is 1.90. The summed E-state index contributed by atoms with van der Waals surface area (Å²) in [4.78, 5) is 4.27. The highest BCUT2D eigenvalue weighted by atomic mass is 35.5. The molecule has 1 heterocycles. The molecule has 1 unspecified atom stereocenters. The normalized spacial score (nSPS) is 12.6. The molecule has 0 saturated heterocycles. The molecular formula is C12H14ClN3O. The number of benzene rings is 1. The first-order chi connectivity index (χ1) is 8.15. The van der Waals surface area contributed by atoms with Crippen LogP contribution in [0.2, 0.25) is 5.02 Å². The zero-order chi connectivity index (χ0) is 12.3. The van der Waals surface area contributed by atoms with Crippen LogP contribution < -0.4 is 5.73 Å². The minimum atomic E-state index is 0.0172. The van der Waals surface area contributed by atoms with Gasteiger partial charge >= 0.3 is 0 Å². The Morgan fingerprint density at radius 3 is 2.88 bits per heavy atom. The third-order valence-electron chi connectivity index (χ3n) is 2.31. The molecule has 17 heavy (non-hydrogen) atoms. The van der Waals surface area contributed by atoms with E-state index in [0.29, 0.717) is 29.6 Å². The molecule has 1 aromatic heterocycles. The number of halogens is 1. The molecule has 2 N–H and O–H groups in total. The smallest absolute Gasteiger partial charge is 0.228 e. The van der Waals surface area contributed by atoms with Crippen molar-refractivity contribution in [2.24, 2.45) is 5.73 Å². The van der Waals surface area contributed by atoms with E-state index >= 15 is 0 Å². The lowest BCUT2D eigenvalue weighted by Crippen LogP contribution is -2.17. The zero-order valence-corrected chi connectivity index (χ0v) is 10.3. The highest BCUT2D eigenvalue weighted by Gasteiger charge is 2.10. The fraction of sp³-hybridized carbons (Fsp3) is 0.333. The van der Waals surface area contributed by atoms with Crippen molar-refractivity contribution >= 4 is 11.6 Å². The van der Waals surface area contributed by atoms with Gasteiger partial charge in [-0.1, -0.05) is 35.0 Å². The number of hydrogen-bond donors (Lipinski definition) is 1. The highest BCUT2D eigenvalue weighted by molar-refractivity contribution is 6.31. The van der Waals surface area contributed by atoms with Gasteiger partial charge in [-0.25, -0.2) is 0 Å². The predicted octanol–water partition coefficient (Wildman–Crippen LogP) is 2.20. The van der Waals surface area contributed by atoms with Crippen LogP contribution in [-0.2, 0) is 12.8 Å². The van der Waals surface area contributed by atoms with E-state index in [1.54, 1.807) is 0 Å². The Morgan fingerprint density at radius 1 is 1.41 bits per heavy atom. The molecule has 4 nitrogen and oxygen atoms in total. The molecule has 2 rings (SSSR count). The van der Waals surface area contributed by atoms with Gasteiger partial charge in [0.05, 0.1) is 0 Å². The number of nitrogens with zero attached hydrogens (tertiary/aromatic N) is 2. The van der Waals surface area contributed by atoms with E-state index in [1.165, 1.54) is 0 Å². The lowest BCUT2D eigenvalue weighted by atomic mass is 10.1. The SMILES string of the molecule is CC(N)Cc1nc(Cc2ccccc2Cl)no1. The van der Waals surface area contributed by atoms with Gasteiger partial charge in [-0.15, -0.1) is 0 Å². The van der Waals surface area contributed by atoms with Crippen LogP contribution in [0.1, 0.15) is 24.2 Å². The molecule has 0 aliphatic heterocycles. The molecule has 0 amide bonds. The van der Waals surface area contributed by atoms with E-state index in [2.05, 4.69) is 10.1 Å². The molecule has 0 radical (unpaired) electrons. The molecule has 5 heteroatoms. The lowest BCUT2D eigenvalue weighted by molar-refractivity contribution is 0.367. The Morgan fingerprint density at radius 2 is 2.18 bits per heavy atom. The lowest BCUT2D eigenvalue weighted by Gasteiger charge is -1.99. The number of rotatable bonds is 4. The van der Waals surface area contributed by atoms with Crippen LogP contribution in [0.15, 0.2) is 28.8 Å². The van der Waals surface area contributed by atoms with Gasteiger partial charge in [0.25, 0.3) is 0 Å². The number of hydrogen-bond acceptors (Lipinski definition) is 4. The van der Waals surface area contributed by atoms with Gasteiger partial charge in [0, 0.05) is 23.9 Å². The topological polar surface area (TPSA) is 64.9 Å². The maximum absolute atomic E-state index is 6.06. The van der Waals surface area contributed by atoms with E-state index in [4.69, 9.17) is 21.9 Å². The Bertz CT molecular complexity index is 496. The van der Waals surface area contributed by atoms with Crippen molar-refractivity contribution in [3.8, 4) is 0 Å².